The minimum atomic E-state index is -1.14. The third-order valence-corrected chi connectivity index (χ3v) is 6.74. The summed E-state index contributed by atoms with van der Waals surface area (Å²) in [7, 11) is 1.63. The van der Waals surface area contributed by atoms with Gasteiger partial charge in [-0.2, -0.15) is 10.3 Å². The van der Waals surface area contributed by atoms with Crippen molar-refractivity contribution in [1.29, 1.82) is 0 Å². The van der Waals surface area contributed by atoms with E-state index in [0.717, 1.165) is 29.7 Å². The predicted molar refractivity (Wildman–Crippen MR) is 136 cm³/mol. The van der Waals surface area contributed by atoms with E-state index in [4.69, 9.17) is 0 Å². The molecule has 1 aliphatic rings. The Morgan fingerprint density at radius 1 is 1.30 bits per heavy atom. The summed E-state index contributed by atoms with van der Waals surface area (Å²) in [4.78, 5) is 30.0. The second-order valence-corrected chi connectivity index (χ2v) is 9.10. The van der Waals surface area contributed by atoms with E-state index in [1.165, 1.54) is 15.4 Å². The van der Waals surface area contributed by atoms with Gasteiger partial charge in [-0.1, -0.05) is 37.6 Å². The molecule has 12 heteroatoms. The highest BCUT2D eigenvalue weighted by atomic mass is 16.4. The first kappa shape index (κ1) is 24.1. The maximum atomic E-state index is 13.9. The Balaban J connectivity index is 1.64. The van der Waals surface area contributed by atoms with Crippen molar-refractivity contribution < 1.29 is 9.90 Å². The first-order valence-corrected chi connectivity index (χ1v) is 12.0. The number of carboxylic acids is 1. The molecule has 37 heavy (non-hydrogen) atoms. The van der Waals surface area contributed by atoms with Gasteiger partial charge in [0.25, 0.3) is 0 Å². The maximum absolute atomic E-state index is 13.9. The van der Waals surface area contributed by atoms with Crippen molar-refractivity contribution in [2.75, 3.05) is 0 Å². The van der Waals surface area contributed by atoms with Crippen LogP contribution in [-0.2, 0) is 25.4 Å². The number of aromatic amines is 1. The summed E-state index contributed by atoms with van der Waals surface area (Å²) in [5, 5.41) is 28.1. The lowest BCUT2D eigenvalue weighted by Gasteiger charge is -2.32. The molecule has 1 atom stereocenters. The molecule has 1 aromatic carbocycles. The Kier molecular flexibility index (Phi) is 6.38. The fourth-order valence-electron chi connectivity index (χ4n) is 4.76. The molecule has 0 aliphatic carbocycles. The Labute approximate surface area is 212 Å². The topological polar surface area (TPSA) is 149 Å². The van der Waals surface area contributed by atoms with E-state index in [0.29, 0.717) is 25.2 Å². The smallest absolute Gasteiger partial charge is 0.341 e. The maximum Gasteiger partial charge on any atom is 0.341 e. The number of aliphatic imine (C=N–C) groups is 1. The van der Waals surface area contributed by atoms with Gasteiger partial charge in [-0.15, -0.1) is 10.2 Å². The van der Waals surface area contributed by atoms with E-state index in [-0.39, 0.29) is 17.1 Å². The number of aromatic carboxylic acids is 1. The molecule has 0 bridgehead atoms. The van der Waals surface area contributed by atoms with Crippen LogP contribution in [0, 0.1) is 0 Å². The van der Waals surface area contributed by atoms with Gasteiger partial charge in [-0.3, -0.25) is 18.8 Å². The Morgan fingerprint density at radius 3 is 2.86 bits per heavy atom. The number of aromatic nitrogens is 8. The summed E-state index contributed by atoms with van der Waals surface area (Å²) in [5.41, 5.74) is 1.69. The lowest BCUT2D eigenvalue weighted by atomic mass is 9.76. The summed E-state index contributed by atoms with van der Waals surface area (Å²) >= 11 is 0. The number of aryl methyl sites for hydroxylation is 2. The monoisotopic (exact) mass is 501 g/mol. The molecule has 190 valence electrons. The van der Waals surface area contributed by atoms with E-state index >= 15 is 0 Å². The van der Waals surface area contributed by atoms with Crippen molar-refractivity contribution in [2.45, 2.75) is 44.6 Å². The number of imidazole rings is 1. The largest absolute Gasteiger partial charge is 0.477 e. The minimum absolute atomic E-state index is 0.0315. The lowest BCUT2D eigenvalue weighted by molar-refractivity contribution is 0.0696. The molecule has 0 radical (unpaired) electrons. The zero-order chi connectivity index (χ0) is 26.0. The fourth-order valence-corrected chi connectivity index (χ4v) is 4.76. The number of hydrogen-bond acceptors (Lipinski definition) is 7. The van der Waals surface area contributed by atoms with Gasteiger partial charge in [-0.05, 0) is 36.1 Å². The quantitative estimate of drug-likeness (QED) is 0.358. The van der Waals surface area contributed by atoms with Crippen LogP contribution >= 0.6 is 0 Å². The molecule has 4 heterocycles. The van der Waals surface area contributed by atoms with Crippen molar-refractivity contribution in [3.8, 4) is 17.2 Å². The number of nitrogens with one attached hydrogen (secondary N) is 1. The molecule has 4 aromatic rings. The Hall–Kier alpha value is -4.61. The second kappa shape index (κ2) is 9.80. The number of tetrazole rings is 1. The molecule has 0 spiro atoms. The molecule has 0 amide bonds. The van der Waals surface area contributed by atoms with Crippen LogP contribution in [-0.4, -0.2) is 56.8 Å². The first-order valence-electron chi connectivity index (χ1n) is 12.0. The summed E-state index contributed by atoms with van der Waals surface area (Å²) in [5.74, 6) is -0.434. The third-order valence-electron chi connectivity index (χ3n) is 6.74. The average Bonchev–Trinajstić information content (AvgIpc) is 3.64. The van der Waals surface area contributed by atoms with Crippen LogP contribution in [0.15, 0.2) is 58.7 Å². The van der Waals surface area contributed by atoms with Gasteiger partial charge in [0.05, 0.1) is 6.20 Å². The van der Waals surface area contributed by atoms with Crippen LogP contribution in [0.1, 0.15) is 47.8 Å². The highest BCUT2D eigenvalue weighted by Gasteiger charge is 2.33. The van der Waals surface area contributed by atoms with Crippen LogP contribution < -0.4 is 5.69 Å². The molecule has 2 N–H and O–H groups in total. The molecular formula is C25H27N9O3. The van der Waals surface area contributed by atoms with E-state index in [2.05, 4.69) is 37.6 Å². The summed E-state index contributed by atoms with van der Waals surface area (Å²) in [6, 6.07) is 7.87. The van der Waals surface area contributed by atoms with Gasteiger partial charge in [0.1, 0.15) is 5.56 Å². The minimum Gasteiger partial charge on any atom is -0.477 e. The number of unbranched alkanes of at least 4 members (excludes halogenated alkanes) is 1. The number of nitrogens with zero attached hydrogens (tertiary/aromatic N) is 8. The van der Waals surface area contributed by atoms with Gasteiger partial charge in [0.15, 0.2) is 5.82 Å². The van der Waals surface area contributed by atoms with Gasteiger partial charge < -0.3 is 5.11 Å². The molecule has 0 fully saturated rings. The van der Waals surface area contributed by atoms with Crippen molar-refractivity contribution in [2.24, 2.45) is 12.0 Å². The fraction of sp³-hybridized carbons (Fsp3) is 0.320. The standard InChI is InChI=1S/C25H27N9O3/c1-3-4-8-19-15-33(22-20(23(35)36)14-27-32(22)2)24(37)34(19)16-25(9-11-26-12-10-25)18-7-5-6-17(13-18)21-28-30-31-29-21/h5-7,9,11-15H,3-4,8,10,16H2,1-2H3,(H,35,36)(H,28,29,30,31). The van der Waals surface area contributed by atoms with Crippen LogP contribution in [0.2, 0.25) is 0 Å². The summed E-state index contributed by atoms with van der Waals surface area (Å²) in [6.45, 7) is 2.44. The molecular weight excluding hydrogens is 474 g/mol. The molecule has 3 aromatic heterocycles. The van der Waals surface area contributed by atoms with Gasteiger partial charge in [0, 0.05) is 48.9 Å². The molecule has 12 nitrogen and oxygen atoms in total. The molecule has 0 saturated carbocycles. The normalized spacial score (nSPS) is 16.9. The first-order chi connectivity index (χ1) is 17.9. The lowest BCUT2D eigenvalue weighted by Crippen LogP contribution is -2.37. The highest BCUT2D eigenvalue weighted by molar-refractivity contribution is 5.91. The average molecular weight is 502 g/mol. The zero-order valence-electron chi connectivity index (χ0n) is 20.6. The van der Waals surface area contributed by atoms with Crippen molar-refractivity contribution in [1.82, 2.24) is 39.5 Å². The number of hydrogen-bond donors (Lipinski definition) is 2. The van der Waals surface area contributed by atoms with E-state index in [1.54, 1.807) is 24.0 Å². The van der Waals surface area contributed by atoms with Crippen molar-refractivity contribution in [3.05, 3.63) is 76.2 Å². The van der Waals surface area contributed by atoms with Gasteiger partial charge >= 0.3 is 11.7 Å². The van der Waals surface area contributed by atoms with Crippen molar-refractivity contribution in [3.63, 3.8) is 0 Å². The predicted octanol–water partition coefficient (Wildman–Crippen LogP) is 2.52. The summed E-state index contributed by atoms with van der Waals surface area (Å²) < 4.78 is 4.56. The molecule has 1 unspecified atom stereocenters. The van der Waals surface area contributed by atoms with E-state index < -0.39 is 11.4 Å². The van der Waals surface area contributed by atoms with Gasteiger partial charge in [0.2, 0.25) is 5.82 Å². The van der Waals surface area contributed by atoms with Crippen LogP contribution in [0.4, 0.5) is 0 Å². The number of carbonyl (C=O) groups is 1. The summed E-state index contributed by atoms with van der Waals surface area (Å²) in [6.07, 6.45) is 11.7. The van der Waals surface area contributed by atoms with Crippen molar-refractivity contribution >= 4 is 12.2 Å². The number of rotatable bonds is 9. The number of allylic oxidation sites excluding steroid dienone is 1. The highest BCUT2D eigenvalue weighted by Crippen LogP contribution is 2.35. The molecule has 5 rings (SSSR count). The van der Waals surface area contributed by atoms with Crippen LogP contribution in [0.3, 0.4) is 0 Å². The number of H-pyrrole nitrogens is 1. The molecule has 1 aliphatic heterocycles. The van der Waals surface area contributed by atoms with Gasteiger partial charge in [-0.25, -0.2) is 9.59 Å². The third kappa shape index (κ3) is 4.41. The van der Waals surface area contributed by atoms with Crippen LogP contribution in [0.25, 0.3) is 17.2 Å². The van der Waals surface area contributed by atoms with E-state index in [1.807, 2.05) is 36.6 Å². The number of benzene rings is 1. The second-order valence-electron chi connectivity index (χ2n) is 9.10. The zero-order valence-corrected chi connectivity index (χ0v) is 20.6. The van der Waals surface area contributed by atoms with Crippen LogP contribution in [0.5, 0.6) is 0 Å². The number of carboxylic acid groups (broad SMARTS) is 1. The molecule has 0 saturated heterocycles. The Bertz CT molecular complexity index is 1540. The van der Waals surface area contributed by atoms with E-state index in [9.17, 15) is 14.7 Å². The SMILES string of the molecule is CCCCc1cn(-c2c(C(=O)O)cnn2C)c(=O)n1CC1(c2cccc(-c3nn[nH]n3)c2)C=CN=CC1. The Morgan fingerprint density at radius 2 is 2.16 bits per heavy atom.